The summed E-state index contributed by atoms with van der Waals surface area (Å²) in [6, 6.07) is 17.2. The maximum atomic E-state index is 13.3. The van der Waals surface area contributed by atoms with Crippen molar-refractivity contribution in [2.75, 3.05) is 31.6 Å². The summed E-state index contributed by atoms with van der Waals surface area (Å²) >= 11 is 0. The summed E-state index contributed by atoms with van der Waals surface area (Å²) in [7, 11) is 1.44. The highest BCUT2D eigenvalue weighted by Gasteiger charge is 2.51. The Labute approximate surface area is 227 Å². The SMILES string of the molecule is COC(=O)CCC1(C2CCCCC2)CNC(=O)N1c1ccc2c(c1)CCN(Cc1ccccc1)CC2.Cl. The minimum atomic E-state index is -0.385. The molecule has 2 aliphatic heterocycles. The first kappa shape index (κ1) is 27.5. The Bertz CT molecular complexity index is 1070. The number of nitrogens with zero attached hydrogens (tertiary/aromatic N) is 2. The smallest absolute Gasteiger partial charge is 0.322 e. The van der Waals surface area contributed by atoms with E-state index in [0.29, 0.717) is 25.3 Å². The Balaban J connectivity index is 0.00000320. The van der Waals surface area contributed by atoms with Crippen LogP contribution in [0.2, 0.25) is 0 Å². The summed E-state index contributed by atoms with van der Waals surface area (Å²) < 4.78 is 4.98. The summed E-state index contributed by atoms with van der Waals surface area (Å²) in [4.78, 5) is 30.0. The average molecular weight is 526 g/mol. The molecule has 0 radical (unpaired) electrons. The first-order chi connectivity index (χ1) is 17.6. The molecule has 5 rings (SSSR count). The van der Waals surface area contributed by atoms with Crippen molar-refractivity contribution in [3.05, 3.63) is 65.2 Å². The van der Waals surface area contributed by atoms with Gasteiger partial charge in [0.2, 0.25) is 0 Å². The molecule has 7 heteroatoms. The molecule has 37 heavy (non-hydrogen) atoms. The van der Waals surface area contributed by atoms with Crippen LogP contribution in [0, 0.1) is 5.92 Å². The van der Waals surface area contributed by atoms with E-state index in [-0.39, 0.29) is 29.9 Å². The first-order valence-corrected chi connectivity index (χ1v) is 13.6. The fraction of sp³-hybridized carbons (Fsp3) is 0.533. The second-order valence-corrected chi connectivity index (χ2v) is 10.7. The summed E-state index contributed by atoms with van der Waals surface area (Å²) in [6.07, 6.45) is 8.79. The molecule has 1 saturated heterocycles. The van der Waals surface area contributed by atoms with Crippen LogP contribution in [0.5, 0.6) is 0 Å². The fourth-order valence-corrected chi connectivity index (χ4v) is 6.65. The van der Waals surface area contributed by atoms with E-state index in [9.17, 15) is 9.59 Å². The summed E-state index contributed by atoms with van der Waals surface area (Å²) in [5.74, 6) is 0.181. The van der Waals surface area contributed by atoms with Gasteiger partial charge >= 0.3 is 12.0 Å². The minimum Gasteiger partial charge on any atom is -0.469 e. The molecule has 2 amide bonds. The zero-order chi connectivity index (χ0) is 25.0. The lowest BCUT2D eigenvalue weighted by molar-refractivity contribution is -0.141. The van der Waals surface area contributed by atoms with Crippen molar-refractivity contribution < 1.29 is 14.3 Å². The Morgan fingerprint density at radius 2 is 1.76 bits per heavy atom. The molecule has 0 aromatic heterocycles. The van der Waals surface area contributed by atoms with E-state index in [0.717, 1.165) is 51.0 Å². The number of nitrogens with one attached hydrogen (secondary N) is 1. The number of hydrogen-bond acceptors (Lipinski definition) is 4. The zero-order valence-electron chi connectivity index (χ0n) is 21.9. The van der Waals surface area contributed by atoms with Gasteiger partial charge in [-0.25, -0.2) is 4.79 Å². The van der Waals surface area contributed by atoms with Crippen molar-refractivity contribution in [3.8, 4) is 0 Å². The molecule has 0 spiro atoms. The minimum absolute atomic E-state index is 0. The molecule has 2 fully saturated rings. The lowest BCUT2D eigenvalue weighted by atomic mass is 9.71. The number of methoxy groups -OCH3 is 1. The number of amides is 2. The lowest BCUT2D eigenvalue weighted by Gasteiger charge is -2.45. The highest BCUT2D eigenvalue weighted by Crippen LogP contribution is 2.44. The molecule has 3 aliphatic rings. The molecule has 1 saturated carbocycles. The van der Waals surface area contributed by atoms with Gasteiger partial charge in [-0.2, -0.15) is 0 Å². The Morgan fingerprint density at radius 1 is 1.03 bits per heavy atom. The second-order valence-electron chi connectivity index (χ2n) is 10.7. The monoisotopic (exact) mass is 525 g/mol. The molecule has 2 aromatic carbocycles. The lowest BCUT2D eigenvalue weighted by Crippen LogP contribution is -2.54. The maximum Gasteiger partial charge on any atom is 0.322 e. The van der Waals surface area contributed by atoms with Crippen molar-refractivity contribution in [1.29, 1.82) is 0 Å². The predicted molar refractivity (Wildman–Crippen MR) is 149 cm³/mol. The van der Waals surface area contributed by atoms with Crippen molar-refractivity contribution in [2.24, 2.45) is 5.92 Å². The third-order valence-corrected chi connectivity index (χ3v) is 8.64. The van der Waals surface area contributed by atoms with E-state index in [4.69, 9.17) is 4.74 Å². The zero-order valence-corrected chi connectivity index (χ0v) is 22.7. The van der Waals surface area contributed by atoms with Crippen LogP contribution in [0.25, 0.3) is 0 Å². The quantitative estimate of drug-likeness (QED) is 0.484. The molecule has 2 aromatic rings. The number of benzene rings is 2. The van der Waals surface area contributed by atoms with Crippen LogP contribution in [-0.2, 0) is 28.9 Å². The van der Waals surface area contributed by atoms with Gasteiger partial charge in [-0.15, -0.1) is 12.4 Å². The van der Waals surface area contributed by atoms with E-state index in [1.807, 2.05) is 4.90 Å². The van der Waals surface area contributed by atoms with Crippen molar-refractivity contribution in [2.45, 2.75) is 69.9 Å². The van der Waals surface area contributed by atoms with Crippen LogP contribution in [0.1, 0.15) is 61.6 Å². The van der Waals surface area contributed by atoms with Gasteiger partial charge in [-0.3, -0.25) is 14.6 Å². The number of hydrogen-bond donors (Lipinski definition) is 1. The molecular formula is C30H40ClN3O3. The average Bonchev–Trinajstić information content (AvgIpc) is 3.13. The van der Waals surface area contributed by atoms with Crippen molar-refractivity contribution >= 4 is 30.1 Å². The molecular weight excluding hydrogens is 486 g/mol. The van der Waals surface area contributed by atoms with E-state index >= 15 is 0 Å². The molecule has 0 bridgehead atoms. The van der Waals surface area contributed by atoms with Gasteiger partial charge in [0.15, 0.2) is 0 Å². The summed E-state index contributed by atoms with van der Waals surface area (Å²) in [6.45, 7) is 3.61. The van der Waals surface area contributed by atoms with Gasteiger partial charge < -0.3 is 10.1 Å². The summed E-state index contributed by atoms with van der Waals surface area (Å²) in [5.41, 5.74) is 4.65. The number of halogens is 1. The van der Waals surface area contributed by atoms with Crippen LogP contribution < -0.4 is 10.2 Å². The van der Waals surface area contributed by atoms with Gasteiger partial charge in [0.05, 0.1) is 12.6 Å². The van der Waals surface area contributed by atoms with Gasteiger partial charge in [-0.05, 0) is 66.8 Å². The highest BCUT2D eigenvalue weighted by molar-refractivity contribution is 5.96. The number of carbonyl (C=O) groups is 2. The Kier molecular flexibility index (Phi) is 9.14. The molecule has 2 heterocycles. The second kappa shape index (κ2) is 12.3. The van der Waals surface area contributed by atoms with Gasteiger partial charge in [0.25, 0.3) is 0 Å². The maximum absolute atomic E-state index is 13.3. The standard InChI is InChI=1S/C30H39N3O3.ClH/c1-36-28(34)14-17-30(26-10-6-3-7-11-26)22-31-29(35)33(30)27-13-12-24-15-18-32(19-16-25(24)20-27)21-23-8-4-2-5-9-23;/h2,4-5,8-9,12-13,20,26H,3,6-7,10-11,14-19,21-22H2,1H3,(H,31,35);1H. The third-order valence-electron chi connectivity index (χ3n) is 8.64. The number of carbonyl (C=O) groups excluding carboxylic acids is 2. The molecule has 1 unspecified atom stereocenters. The third kappa shape index (κ3) is 5.96. The van der Waals surface area contributed by atoms with Gasteiger partial charge in [0, 0.05) is 38.3 Å². The molecule has 1 atom stereocenters. The summed E-state index contributed by atoms with van der Waals surface area (Å²) in [5, 5.41) is 3.15. The number of ether oxygens (including phenoxy) is 1. The number of anilines is 1. The van der Waals surface area contributed by atoms with Crippen LogP contribution in [0.4, 0.5) is 10.5 Å². The molecule has 200 valence electrons. The normalized spacial score (nSPS) is 22.5. The predicted octanol–water partition coefficient (Wildman–Crippen LogP) is 5.51. The van der Waals surface area contributed by atoms with Crippen molar-refractivity contribution in [3.63, 3.8) is 0 Å². The van der Waals surface area contributed by atoms with Crippen LogP contribution in [0.15, 0.2) is 48.5 Å². The topological polar surface area (TPSA) is 61.9 Å². The van der Waals surface area contributed by atoms with E-state index in [1.54, 1.807) is 0 Å². The number of rotatable bonds is 7. The number of esters is 1. The molecule has 1 aliphatic carbocycles. The highest BCUT2D eigenvalue weighted by atomic mass is 35.5. The van der Waals surface area contributed by atoms with E-state index in [2.05, 4.69) is 58.7 Å². The van der Waals surface area contributed by atoms with Crippen LogP contribution in [-0.4, -0.2) is 49.2 Å². The van der Waals surface area contributed by atoms with Crippen LogP contribution >= 0.6 is 12.4 Å². The largest absolute Gasteiger partial charge is 0.469 e. The Morgan fingerprint density at radius 3 is 2.49 bits per heavy atom. The molecule has 6 nitrogen and oxygen atoms in total. The number of urea groups is 1. The fourth-order valence-electron chi connectivity index (χ4n) is 6.65. The van der Waals surface area contributed by atoms with Gasteiger partial charge in [0.1, 0.15) is 0 Å². The van der Waals surface area contributed by atoms with E-state index in [1.165, 1.54) is 43.1 Å². The van der Waals surface area contributed by atoms with Crippen LogP contribution in [0.3, 0.4) is 0 Å². The van der Waals surface area contributed by atoms with Crippen molar-refractivity contribution in [1.82, 2.24) is 10.2 Å². The number of fused-ring (bicyclic) bond motifs is 1. The Hall–Kier alpha value is -2.57. The van der Waals surface area contributed by atoms with Gasteiger partial charge in [-0.1, -0.05) is 55.7 Å². The molecule has 1 N–H and O–H groups in total. The first-order valence-electron chi connectivity index (χ1n) is 13.6. The van der Waals surface area contributed by atoms with E-state index < -0.39 is 0 Å².